The minimum Gasteiger partial charge on any atom is -0.506 e. The fourth-order valence-electron chi connectivity index (χ4n) is 2.56. The second-order valence-corrected chi connectivity index (χ2v) is 5.65. The zero-order chi connectivity index (χ0) is 13.1. The standard InChI is InChI=1S/C14H21ClN2O/c1-10-2-3-12(7-16)9-17(10)8-11-4-5-14(18)13(15)6-11/h4-6,10,12,18H,2-3,7-9,16H2,1H3. The van der Waals surface area contributed by atoms with Gasteiger partial charge in [-0.3, -0.25) is 4.90 Å². The van der Waals surface area contributed by atoms with Crippen molar-refractivity contribution in [3.63, 3.8) is 0 Å². The quantitative estimate of drug-likeness (QED) is 0.886. The van der Waals surface area contributed by atoms with Gasteiger partial charge in [-0.05, 0) is 49.9 Å². The summed E-state index contributed by atoms with van der Waals surface area (Å²) < 4.78 is 0. The second kappa shape index (κ2) is 5.91. The van der Waals surface area contributed by atoms with Crippen molar-refractivity contribution in [1.29, 1.82) is 0 Å². The highest BCUT2D eigenvalue weighted by atomic mass is 35.5. The van der Waals surface area contributed by atoms with E-state index in [9.17, 15) is 5.11 Å². The summed E-state index contributed by atoms with van der Waals surface area (Å²) in [4.78, 5) is 2.45. The van der Waals surface area contributed by atoms with E-state index in [1.54, 1.807) is 6.07 Å². The van der Waals surface area contributed by atoms with E-state index >= 15 is 0 Å². The lowest BCUT2D eigenvalue weighted by atomic mass is 9.93. The van der Waals surface area contributed by atoms with Gasteiger partial charge >= 0.3 is 0 Å². The van der Waals surface area contributed by atoms with Crippen LogP contribution >= 0.6 is 11.6 Å². The average Bonchev–Trinajstić information content (AvgIpc) is 2.36. The van der Waals surface area contributed by atoms with Crippen LogP contribution in [0.25, 0.3) is 0 Å². The van der Waals surface area contributed by atoms with E-state index in [1.165, 1.54) is 12.8 Å². The molecule has 2 atom stereocenters. The molecule has 1 aliphatic rings. The molecular formula is C14H21ClN2O. The number of hydrogen-bond acceptors (Lipinski definition) is 3. The molecule has 0 radical (unpaired) electrons. The van der Waals surface area contributed by atoms with Crippen LogP contribution in [-0.2, 0) is 6.54 Å². The Balaban J connectivity index is 2.04. The number of nitrogens with two attached hydrogens (primary N) is 1. The highest BCUT2D eigenvalue weighted by Gasteiger charge is 2.24. The number of phenols is 1. The molecule has 1 saturated heterocycles. The predicted octanol–water partition coefficient (Wildman–Crippen LogP) is 2.60. The summed E-state index contributed by atoms with van der Waals surface area (Å²) in [6, 6.07) is 6.02. The Bertz CT molecular complexity index is 411. The predicted molar refractivity (Wildman–Crippen MR) is 74.8 cm³/mol. The van der Waals surface area contributed by atoms with Crippen molar-refractivity contribution in [2.45, 2.75) is 32.4 Å². The van der Waals surface area contributed by atoms with Gasteiger partial charge in [0.15, 0.2) is 0 Å². The van der Waals surface area contributed by atoms with Crippen LogP contribution in [0.3, 0.4) is 0 Å². The van der Waals surface area contributed by atoms with Crippen molar-refractivity contribution in [1.82, 2.24) is 4.90 Å². The molecule has 1 aliphatic heterocycles. The molecular weight excluding hydrogens is 248 g/mol. The van der Waals surface area contributed by atoms with Crippen LogP contribution in [0.1, 0.15) is 25.3 Å². The molecule has 1 heterocycles. The highest BCUT2D eigenvalue weighted by molar-refractivity contribution is 6.32. The van der Waals surface area contributed by atoms with E-state index in [-0.39, 0.29) is 5.75 Å². The summed E-state index contributed by atoms with van der Waals surface area (Å²) >= 11 is 5.94. The molecule has 0 spiro atoms. The molecule has 1 aromatic rings. The van der Waals surface area contributed by atoms with Crippen molar-refractivity contribution >= 4 is 11.6 Å². The van der Waals surface area contributed by atoms with E-state index in [0.29, 0.717) is 17.0 Å². The Morgan fingerprint density at radius 3 is 2.89 bits per heavy atom. The molecule has 1 aromatic carbocycles. The Kier molecular flexibility index (Phi) is 4.49. The number of aromatic hydroxyl groups is 1. The molecule has 18 heavy (non-hydrogen) atoms. The topological polar surface area (TPSA) is 49.5 Å². The molecule has 0 saturated carbocycles. The average molecular weight is 269 g/mol. The first-order chi connectivity index (χ1) is 8.60. The lowest BCUT2D eigenvalue weighted by Crippen LogP contribution is -2.43. The zero-order valence-electron chi connectivity index (χ0n) is 10.8. The minimum absolute atomic E-state index is 0.145. The maximum absolute atomic E-state index is 9.42. The Morgan fingerprint density at radius 1 is 1.44 bits per heavy atom. The van der Waals surface area contributed by atoms with E-state index in [4.69, 9.17) is 17.3 Å². The molecule has 3 nitrogen and oxygen atoms in total. The zero-order valence-corrected chi connectivity index (χ0v) is 11.5. The van der Waals surface area contributed by atoms with Gasteiger partial charge in [0.2, 0.25) is 0 Å². The van der Waals surface area contributed by atoms with Gasteiger partial charge < -0.3 is 10.8 Å². The molecule has 0 bridgehead atoms. The number of piperidine rings is 1. The van der Waals surface area contributed by atoms with E-state index in [1.807, 2.05) is 12.1 Å². The monoisotopic (exact) mass is 268 g/mol. The first-order valence-corrected chi connectivity index (χ1v) is 6.89. The second-order valence-electron chi connectivity index (χ2n) is 5.24. The summed E-state index contributed by atoms with van der Waals surface area (Å²) in [5.74, 6) is 0.751. The first kappa shape index (κ1) is 13.7. The normalized spacial score (nSPS) is 25.3. The van der Waals surface area contributed by atoms with Crippen LogP contribution in [0.2, 0.25) is 5.02 Å². The third-order valence-electron chi connectivity index (χ3n) is 3.84. The van der Waals surface area contributed by atoms with Gasteiger partial charge in [-0.1, -0.05) is 17.7 Å². The summed E-state index contributed by atoms with van der Waals surface area (Å²) in [5, 5.41) is 9.84. The fraction of sp³-hybridized carbons (Fsp3) is 0.571. The minimum atomic E-state index is 0.145. The smallest absolute Gasteiger partial charge is 0.134 e. The largest absolute Gasteiger partial charge is 0.506 e. The summed E-state index contributed by atoms with van der Waals surface area (Å²) in [7, 11) is 0. The number of nitrogens with zero attached hydrogens (tertiary/aromatic N) is 1. The molecule has 2 rings (SSSR count). The van der Waals surface area contributed by atoms with Crippen LogP contribution in [0, 0.1) is 5.92 Å². The number of phenolic OH excluding ortho intramolecular Hbond substituents is 1. The van der Waals surface area contributed by atoms with Gasteiger partial charge in [0, 0.05) is 19.1 Å². The van der Waals surface area contributed by atoms with Gasteiger partial charge in [-0.15, -0.1) is 0 Å². The van der Waals surface area contributed by atoms with E-state index in [0.717, 1.165) is 25.2 Å². The Morgan fingerprint density at radius 2 is 2.22 bits per heavy atom. The first-order valence-electron chi connectivity index (χ1n) is 6.51. The number of benzene rings is 1. The Hall–Kier alpha value is -0.770. The summed E-state index contributed by atoms with van der Waals surface area (Å²) in [5.41, 5.74) is 6.91. The van der Waals surface area contributed by atoms with Gasteiger partial charge in [-0.25, -0.2) is 0 Å². The van der Waals surface area contributed by atoms with Crippen molar-refractivity contribution in [2.24, 2.45) is 11.7 Å². The van der Waals surface area contributed by atoms with Crippen LogP contribution in [0.15, 0.2) is 18.2 Å². The maximum Gasteiger partial charge on any atom is 0.134 e. The number of hydrogen-bond donors (Lipinski definition) is 2. The van der Waals surface area contributed by atoms with Crippen LogP contribution in [-0.4, -0.2) is 29.1 Å². The van der Waals surface area contributed by atoms with Gasteiger partial charge in [0.1, 0.15) is 5.75 Å². The van der Waals surface area contributed by atoms with Crippen molar-refractivity contribution < 1.29 is 5.11 Å². The van der Waals surface area contributed by atoms with Gasteiger partial charge in [0.05, 0.1) is 5.02 Å². The molecule has 0 aliphatic carbocycles. The Labute approximate surface area is 114 Å². The molecule has 0 amide bonds. The SMILES string of the molecule is CC1CCC(CN)CN1Cc1ccc(O)c(Cl)c1. The van der Waals surface area contributed by atoms with Gasteiger partial charge in [0.25, 0.3) is 0 Å². The third-order valence-corrected chi connectivity index (χ3v) is 4.14. The van der Waals surface area contributed by atoms with E-state index in [2.05, 4.69) is 11.8 Å². The van der Waals surface area contributed by atoms with Crippen molar-refractivity contribution in [3.05, 3.63) is 28.8 Å². The van der Waals surface area contributed by atoms with Crippen LogP contribution < -0.4 is 5.73 Å². The lowest BCUT2D eigenvalue weighted by Gasteiger charge is -2.37. The fourth-order valence-corrected chi connectivity index (χ4v) is 2.76. The third kappa shape index (κ3) is 3.16. The molecule has 1 fully saturated rings. The molecule has 2 unspecified atom stereocenters. The van der Waals surface area contributed by atoms with Crippen LogP contribution in [0.5, 0.6) is 5.75 Å². The highest BCUT2D eigenvalue weighted by Crippen LogP contribution is 2.27. The lowest BCUT2D eigenvalue weighted by molar-refractivity contribution is 0.113. The summed E-state index contributed by atoms with van der Waals surface area (Å²) in [6.07, 6.45) is 2.43. The summed E-state index contributed by atoms with van der Waals surface area (Å²) in [6.45, 7) is 4.95. The molecule has 4 heteroatoms. The maximum atomic E-state index is 9.42. The number of likely N-dealkylation sites (tertiary alicyclic amines) is 1. The van der Waals surface area contributed by atoms with Crippen molar-refractivity contribution in [2.75, 3.05) is 13.1 Å². The van der Waals surface area contributed by atoms with Crippen LogP contribution in [0.4, 0.5) is 0 Å². The van der Waals surface area contributed by atoms with Gasteiger partial charge in [-0.2, -0.15) is 0 Å². The molecule has 0 aromatic heterocycles. The van der Waals surface area contributed by atoms with Crippen molar-refractivity contribution in [3.8, 4) is 5.75 Å². The number of halogens is 1. The number of rotatable bonds is 3. The molecule has 3 N–H and O–H groups in total. The van der Waals surface area contributed by atoms with E-state index < -0.39 is 0 Å². The molecule has 100 valence electrons.